The largest absolute Gasteiger partial charge is 0.437 e. The highest BCUT2D eigenvalue weighted by Gasteiger charge is 2.03. The average Bonchev–Trinajstić information content (AvgIpc) is 2.32. The first-order chi connectivity index (χ1) is 7.79. The van der Waals surface area contributed by atoms with E-state index in [0.29, 0.717) is 12.4 Å². The molecular formula is C12H13N3O. The second kappa shape index (κ2) is 4.72. The number of nitrogens with zero attached hydrogens (tertiary/aromatic N) is 2. The molecule has 0 saturated heterocycles. The van der Waals surface area contributed by atoms with Gasteiger partial charge >= 0.3 is 0 Å². The molecule has 0 amide bonds. The molecule has 1 aromatic heterocycles. The summed E-state index contributed by atoms with van der Waals surface area (Å²) in [5.74, 6) is 1.25. The fourth-order valence-corrected chi connectivity index (χ4v) is 1.34. The third-order valence-corrected chi connectivity index (χ3v) is 2.18. The van der Waals surface area contributed by atoms with Gasteiger partial charge in [-0.3, -0.25) is 4.98 Å². The molecule has 0 atom stereocenters. The molecule has 82 valence electrons. The average molecular weight is 215 g/mol. The Morgan fingerprint density at radius 2 is 2.06 bits per heavy atom. The number of nitrogens with two attached hydrogens (primary N) is 1. The first-order valence-electron chi connectivity index (χ1n) is 5.04. The van der Waals surface area contributed by atoms with Crippen LogP contribution in [0.4, 0.5) is 0 Å². The molecule has 16 heavy (non-hydrogen) atoms. The van der Waals surface area contributed by atoms with Crippen LogP contribution in [0.25, 0.3) is 0 Å². The zero-order valence-corrected chi connectivity index (χ0v) is 9.05. The molecule has 2 aromatic rings. The van der Waals surface area contributed by atoms with Gasteiger partial charge in [0.1, 0.15) is 5.75 Å². The Hall–Kier alpha value is -1.94. The molecule has 0 unspecified atom stereocenters. The van der Waals surface area contributed by atoms with Crippen LogP contribution >= 0.6 is 0 Å². The summed E-state index contributed by atoms with van der Waals surface area (Å²) in [4.78, 5) is 8.22. The van der Waals surface area contributed by atoms with Crippen LogP contribution < -0.4 is 10.5 Å². The lowest BCUT2D eigenvalue weighted by atomic mass is 10.2. The fraction of sp³-hybridized carbons (Fsp3) is 0.167. The normalized spacial score (nSPS) is 10.1. The Morgan fingerprint density at radius 1 is 1.25 bits per heavy atom. The highest BCUT2D eigenvalue weighted by atomic mass is 16.5. The number of aromatic nitrogens is 2. The van der Waals surface area contributed by atoms with Crippen LogP contribution in [0.2, 0.25) is 0 Å². The lowest BCUT2D eigenvalue weighted by molar-refractivity contribution is 0.454. The smallest absolute Gasteiger partial charge is 0.240 e. The summed E-state index contributed by atoms with van der Waals surface area (Å²) in [6, 6.07) is 7.63. The van der Waals surface area contributed by atoms with Crippen molar-refractivity contribution < 1.29 is 4.74 Å². The van der Waals surface area contributed by atoms with E-state index in [1.165, 1.54) is 0 Å². The Labute approximate surface area is 94.1 Å². The molecule has 0 radical (unpaired) electrons. The lowest BCUT2D eigenvalue weighted by Crippen LogP contribution is -1.97. The molecule has 1 aromatic carbocycles. The van der Waals surface area contributed by atoms with Crippen molar-refractivity contribution in [1.29, 1.82) is 0 Å². The number of hydrogen-bond acceptors (Lipinski definition) is 4. The molecule has 2 rings (SSSR count). The molecule has 0 aliphatic rings. The van der Waals surface area contributed by atoms with Crippen molar-refractivity contribution in [2.45, 2.75) is 13.5 Å². The van der Waals surface area contributed by atoms with Crippen LogP contribution in [-0.4, -0.2) is 9.97 Å². The molecule has 1 heterocycles. The molecular weight excluding hydrogens is 202 g/mol. The molecule has 4 nitrogen and oxygen atoms in total. The van der Waals surface area contributed by atoms with Gasteiger partial charge in [-0.15, -0.1) is 0 Å². The first-order valence-corrected chi connectivity index (χ1v) is 5.04. The Kier molecular flexibility index (Phi) is 3.12. The van der Waals surface area contributed by atoms with E-state index in [1.54, 1.807) is 12.4 Å². The van der Waals surface area contributed by atoms with Crippen molar-refractivity contribution >= 4 is 0 Å². The highest BCUT2D eigenvalue weighted by molar-refractivity contribution is 5.32. The van der Waals surface area contributed by atoms with Gasteiger partial charge in [0.25, 0.3) is 0 Å². The van der Waals surface area contributed by atoms with E-state index >= 15 is 0 Å². The number of hydrogen-bond donors (Lipinski definition) is 1. The van der Waals surface area contributed by atoms with Gasteiger partial charge in [0, 0.05) is 18.9 Å². The Morgan fingerprint density at radius 3 is 2.81 bits per heavy atom. The van der Waals surface area contributed by atoms with Crippen LogP contribution in [0, 0.1) is 6.92 Å². The van der Waals surface area contributed by atoms with E-state index in [4.69, 9.17) is 10.5 Å². The molecule has 0 spiro atoms. The van der Waals surface area contributed by atoms with Crippen LogP contribution in [0.5, 0.6) is 11.6 Å². The maximum atomic E-state index is 5.62. The van der Waals surface area contributed by atoms with Gasteiger partial charge in [0.15, 0.2) is 0 Å². The van der Waals surface area contributed by atoms with E-state index in [0.717, 1.165) is 17.0 Å². The SMILES string of the molecule is Cc1nccnc1Oc1cccc(CN)c1. The monoisotopic (exact) mass is 215 g/mol. The second-order valence-corrected chi connectivity index (χ2v) is 3.40. The molecule has 0 fully saturated rings. The highest BCUT2D eigenvalue weighted by Crippen LogP contribution is 2.21. The van der Waals surface area contributed by atoms with Crippen LogP contribution in [0.15, 0.2) is 36.7 Å². The third-order valence-electron chi connectivity index (χ3n) is 2.18. The predicted octanol–water partition coefficient (Wildman–Crippen LogP) is 2.04. The lowest BCUT2D eigenvalue weighted by Gasteiger charge is -2.07. The number of benzene rings is 1. The minimum Gasteiger partial charge on any atom is -0.437 e. The van der Waals surface area contributed by atoms with E-state index in [9.17, 15) is 0 Å². The molecule has 0 bridgehead atoms. The molecule has 4 heteroatoms. The standard InChI is InChI=1S/C12H13N3O/c1-9-12(15-6-5-14-9)16-11-4-2-3-10(7-11)8-13/h2-7H,8,13H2,1H3. The Balaban J connectivity index is 2.24. The maximum absolute atomic E-state index is 5.62. The summed E-state index contributed by atoms with van der Waals surface area (Å²) in [5, 5.41) is 0. The maximum Gasteiger partial charge on any atom is 0.240 e. The summed E-state index contributed by atoms with van der Waals surface area (Å²) in [6.07, 6.45) is 3.24. The van der Waals surface area contributed by atoms with E-state index in [1.807, 2.05) is 31.2 Å². The summed E-state index contributed by atoms with van der Waals surface area (Å²) in [5.41, 5.74) is 7.35. The van der Waals surface area contributed by atoms with E-state index < -0.39 is 0 Å². The topological polar surface area (TPSA) is 61.0 Å². The van der Waals surface area contributed by atoms with Crippen molar-refractivity contribution in [2.24, 2.45) is 5.73 Å². The minimum atomic E-state index is 0.497. The van der Waals surface area contributed by atoms with Gasteiger partial charge in [0.05, 0.1) is 5.69 Å². The van der Waals surface area contributed by atoms with E-state index in [-0.39, 0.29) is 0 Å². The predicted molar refractivity (Wildman–Crippen MR) is 61.2 cm³/mol. The quantitative estimate of drug-likeness (QED) is 0.851. The molecule has 0 aliphatic heterocycles. The summed E-state index contributed by atoms with van der Waals surface area (Å²) in [7, 11) is 0. The van der Waals surface area contributed by atoms with Gasteiger partial charge in [-0.05, 0) is 24.6 Å². The molecule has 2 N–H and O–H groups in total. The third kappa shape index (κ3) is 2.35. The minimum absolute atomic E-state index is 0.497. The summed E-state index contributed by atoms with van der Waals surface area (Å²) in [6.45, 7) is 2.35. The fourth-order valence-electron chi connectivity index (χ4n) is 1.34. The van der Waals surface area contributed by atoms with Gasteiger partial charge in [-0.2, -0.15) is 0 Å². The van der Waals surface area contributed by atoms with Crippen molar-refractivity contribution in [3.05, 3.63) is 47.9 Å². The Bertz CT molecular complexity index is 485. The van der Waals surface area contributed by atoms with Gasteiger partial charge in [0.2, 0.25) is 5.88 Å². The first kappa shape index (κ1) is 10.6. The van der Waals surface area contributed by atoms with Crippen LogP contribution in [0.3, 0.4) is 0 Å². The van der Waals surface area contributed by atoms with Crippen LogP contribution in [-0.2, 0) is 6.54 Å². The zero-order chi connectivity index (χ0) is 11.4. The van der Waals surface area contributed by atoms with Gasteiger partial charge < -0.3 is 10.5 Å². The van der Waals surface area contributed by atoms with Crippen molar-refractivity contribution in [3.8, 4) is 11.6 Å². The van der Waals surface area contributed by atoms with Crippen LogP contribution in [0.1, 0.15) is 11.3 Å². The number of aryl methyl sites for hydroxylation is 1. The van der Waals surface area contributed by atoms with Crippen molar-refractivity contribution in [1.82, 2.24) is 9.97 Å². The summed E-state index contributed by atoms with van der Waals surface area (Å²) < 4.78 is 5.62. The van der Waals surface area contributed by atoms with Gasteiger partial charge in [-0.25, -0.2) is 4.98 Å². The van der Waals surface area contributed by atoms with Crippen molar-refractivity contribution in [3.63, 3.8) is 0 Å². The number of rotatable bonds is 3. The van der Waals surface area contributed by atoms with Crippen molar-refractivity contribution in [2.75, 3.05) is 0 Å². The zero-order valence-electron chi connectivity index (χ0n) is 9.05. The number of ether oxygens (including phenoxy) is 1. The molecule has 0 aliphatic carbocycles. The second-order valence-electron chi connectivity index (χ2n) is 3.40. The summed E-state index contributed by atoms with van der Waals surface area (Å²) >= 11 is 0. The molecule has 0 saturated carbocycles. The van der Waals surface area contributed by atoms with E-state index in [2.05, 4.69) is 9.97 Å². The van der Waals surface area contributed by atoms with Gasteiger partial charge in [-0.1, -0.05) is 12.1 Å².